The van der Waals surface area contributed by atoms with Gasteiger partial charge in [0, 0.05) is 23.1 Å². The van der Waals surface area contributed by atoms with Crippen molar-refractivity contribution in [1.82, 2.24) is 0 Å². The summed E-state index contributed by atoms with van der Waals surface area (Å²) in [7, 11) is 0. The van der Waals surface area contributed by atoms with E-state index in [9.17, 15) is 8.78 Å². The lowest BCUT2D eigenvalue weighted by Crippen LogP contribution is -1.95. The highest BCUT2D eigenvalue weighted by Gasteiger charge is 2.04. The lowest BCUT2D eigenvalue weighted by molar-refractivity contribution is 0.586. The number of nitrogens with zero attached hydrogens (tertiary/aromatic N) is 3. The Morgan fingerprint density at radius 2 is 2.20 bits per heavy atom. The van der Waals surface area contributed by atoms with Crippen LogP contribution in [0.1, 0.15) is 5.56 Å². The minimum Gasteiger partial charge on any atom is -0.396 e. The molecule has 0 heterocycles. The zero-order chi connectivity index (χ0) is 11.3. The molecule has 1 aromatic rings. The van der Waals surface area contributed by atoms with Crippen molar-refractivity contribution >= 4 is 11.8 Å². The highest BCUT2D eigenvalue weighted by atomic mass is 19.1. The number of benzene rings is 1. The Morgan fingerprint density at radius 3 is 2.87 bits per heavy atom. The molecule has 0 saturated heterocycles. The van der Waals surface area contributed by atoms with E-state index in [2.05, 4.69) is 10.0 Å². The molecule has 0 radical (unpaired) electrons. The molecule has 4 nitrogen and oxygen atoms in total. The van der Waals surface area contributed by atoms with E-state index in [1.165, 1.54) is 12.2 Å². The molecule has 15 heavy (non-hydrogen) atoms. The molecule has 1 aromatic carbocycles. The van der Waals surface area contributed by atoms with Gasteiger partial charge in [-0.25, -0.2) is 8.78 Å². The van der Waals surface area contributed by atoms with Crippen LogP contribution in [0.2, 0.25) is 0 Å². The van der Waals surface area contributed by atoms with Crippen LogP contribution in [0.4, 0.5) is 14.5 Å². The summed E-state index contributed by atoms with van der Waals surface area (Å²) in [5.74, 6) is -1.51. The molecule has 0 aliphatic heterocycles. The molecule has 0 bridgehead atoms. The maximum Gasteiger partial charge on any atom is 0.149 e. The molecule has 0 fully saturated rings. The van der Waals surface area contributed by atoms with Crippen LogP contribution in [0, 0.1) is 11.6 Å². The monoisotopic (exact) mass is 210 g/mol. The van der Waals surface area contributed by atoms with Crippen LogP contribution in [0.25, 0.3) is 16.5 Å². The van der Waals surface area contributed by atoms with Gasteiger partial charge in [0.1, 0.15) is 11.6 Å². The Morgan fingerprint density at radius 1 is 1.47 bits per heavy atom. The molecule has 0 aromatic heterocycles. The molecule has 0 spiro atoms. The average molecular weight is 210 g/mol. The van der Waals surface area contributed by atoms with Gasteiger partial charge in [-0.05, 0) is 11.6 Å². The average Bonchev–Trinajstić information content (AvgIpc) is 2.19. The third-order valence-corrected chi connectivity index (χ3v) is 1.67. The second-order valence-electron chi connectivity index (χ2n) is 2.71. The van der Waals surface area contributed by atoms with Crippen LogP contribution in [-0.4, -0.2) is 6.54 Å². The molecular formula is C9H8F2N4. The summed E-state index contributed by atoms with van der Waals surface area (Å²) in [6.07, 6.45) is 2.86. The quantitative estimate of drug-likeness (QED) is 0.354. The molecule has 2 N–H and O–H groups in total. The summed E-state index contributed by atoms with van der Waals surface area (Å²) in [4.78, 5) is 2.52. The van der Waals surface area contributed by atoms with E-state index < -0.39 is 11.6 Å². The summed E-state index contributed by atoms with van der Waals surface area (Å²) in [5, 5.41) is 3.23. The van der Waals surface area contributed by atoms with E-state index in [1.807, 2.05) is 0 Å². The van der Waals surface area contributed by atoms with Gasteiger partial charge >= 0.3 is 0 Å². The molecule has 0 amide bonds. The number of hydrogen-bond acceptors (Lipinski definition) is 2. The molecule has 6 heteroatoms. The van der Waals surface area contributed by atoms with Crippen molar-refractivity contribution in [2.24, 2.45) is 5.11 Å². The van der Waals surface area contributed by atoms with Crippen molar-refractivity contribution in [2.45, 2.75) is 0 Å². The van der Waals surface area contributed by atoms with Crippen LogP contribution in [0.5, 0.6) is 0 Å². The Bertz CT molecular complexity index is 436. The molecular weight excluding hydrogens is 202 g/mol. The van der Waals surface area contributed by atoms with Gasteiger partial charge in [0.2, 0.25) is 0 Å². The van der Waals surface area contributed by atoms with Crippen LogP contribution in [0.15, 0.2) is 23.3 Å². The SMILES string of the molecule is [N-]=[N+]=NCC=Cc1cc(F)cc(F)c1N. The molecule has 0 atom stereocenters. The van der Waals surface area contributed by atoms with Gasteiger partial charge in [-0.2, -0.15) is 0 Å². The van der Waals surface area contributed by atoms with E-state index >= 15 is 0 Å². The molecule has 0 saturated carbocycles. The molecule has 0 aliphatic rings. The van der Waals surface area contributed by atoms with Gasteiger partial charge in [0.05, 0.1) is 5.69 Å². The van der Waals surface area contributed by atoms with Crippen LogP contribution in [-0.2, 0) is 0 Å². The first-order valence-electron chi connectivity index (χ1n) is 4.07. The molecule has 1 rings (SSSR count). The van der Waals surface area contributed by atoms with Crippen molar-refractivity contribution in [3.8, 4) is 0 Å². The lowest BCUT2D eigenvalue weighted by atomic mass is 10.1. The van der Waals surface area contributed by atoms with Crippen molar-refractivity contribution in [1.29, 1.82) is 0 Å². The third-order valence-electron chi connectivity index (χ3n) is 1.67. The summed E-state index contributed by atoms with van der Waals surface area (Å²) in [6, 6.07) is 1.81. The maximum atomic E-state index is 12.9. The summed E-state index contributed by atoms with van der Waals surface area (Å²) < 4.78 is 25.7. The Hall–Kier alpha value is -2.07. The minimum absolute atomic E-state index is 0.105. The number of nitrogen functional groups attached to an aromatic ring is 1. The number of hydrogen-bond donors (Lipinski definition) is 1. The van der Waals surface area contributed by atoms with Gasteiger partial charge < -0.3 is 5.73 Å². The maximum absolute atomic E-state index is 12.9. The number of halogens is 2. The number of azide groups is 1. The van der Waals surface area contributed by atoms with Crippen LogP contribution >= 0.6 is 0 Å². The zero-order valence-corrected chi connectivity index (χ0v) is 7.69. The van der Waals surface area contributed by atoms with E-state index in [1.54, 1.807) is 0 Å². The van der Waals surface area contributed by atoms with Crippen molar-refractivity contribution in [2.75, 3.05) is 12.3 Å². The van der Waals surface area contributed by atoms with Gasteiger partial charge in [-0.15, -0.1) is 0 Å². The predicted molar refractivity (Wildman–Crippen MR) is 53.8 cm³/mol. The Labute approximate surface area is 84.6 Å². The smallest absolute Gasteiger partial charge is 0.149 e. The van der Waals surface area contributed by atoms with Crippen molar-refractivity contribution in [3.63, 3.8) is 0 Å². The lowest BCUT2D eigenvalue weighted by Gasteiger charge is -2.01. The van der Waals surface area contributed by atoms with Crippen molar-refractivity contribution < 1.29 is 8.78 Å². The number of rotatable bonds is 3. The summed E-state index contributed by atoms with van der Waals surface area (Å²) >= 11 is 0. The Balaban J connectivity index is 2.94. The highest BCUT2D eigenvalue weighted by molar-refractivity contribution is 5.65. The largest absolute Gasteiger partial charge is 0.396 e. The molecule has 78 valence electrons. The zero-order valence-electron chi connectivity index (χ0n) is 7.69. The fourth-order valence-corrected chi connectivity index (χ4v) is 1.01. The summed E-state index contributed by atoms with van der Waals surface area (Å²) in [6.45, 7) is 0.105. The third kappa shape index (κ3) is 2.96. The van der Waals surface area contributed by atoms with Gasteiger partial charge in [-0.3, -0.25) is 0 Å². The number of anilines is 1. The van der Waals surface area contributed by atoms with E-state index in [4.69, 9.17) is 11.3 Å². The predicted octanol–water partition coefficient (Wildman–Crippen LogP) is 2.87. The van der Waals surface area contributed by atoms with E-state index in [0.29, 0.717) is 6.07 Å². The first-order valence-corrected chi connectivity index (χ1v) is 4.07. The first kappa shape index (κ1) is 11.0. The van der Waals surface area contributed by atoms with Crippen LogP contribution < -0.4 is 5.73 Å². The van der Waals surface area contributed by atoms with E-state index in [-0.39, 0.29) is 17.8 Å². The van der Waals surface area contributed by atoms with Gasteiger partial charge in [-0.1, -0.05) is 17.3 Å². The standard InChI is InChI=1S/C9H8F2N4/c10-7-4-6(2-1-3-14-15-13)9(12)8(11)5-7/h1-2,4-5H,3,12H2. The second kappa shape index (κ2) is 4.97. The van der Waals surface area contributed by atoms with Gasteiger partial charge in [0.15, 0.2) is 0 Å². The minimum atomic E-state index is -0.807. The summed E-state index contributed by atoms with van der Waals surface area (Å²) in [5.41, 5.74) is 13.4. The molecule has 0 unspecified atom stereocenters. The fraction of sp³-hybridized carbons (Fsp3) is 0.111. The number of nitrogens with two attached hydrogens (primary N) is 1. The molecule has 0 aliphatic carbocycles. The van der Waals surface area contributed by atoms with E-state index in [0.717, 1.165) is 6.07 Å². The highest BCUT2D eigenvalue weighted by Crippen LogP contribution is 2.19. The van der Waals surface area contributed by atoms with Gasteiger partial charge in [0.25, 0.3) is 0 Å². The second-order valence-corrected chi connectivity index (χ2v) is 2.71. The Kier molecular flexibility index (Phi) is 3.65. The van der Waals surface area contributed by atoms with Crippen molar-refractivity contribution in [3.05, 3.63) is 45.8 Å². The fourth-order valence-electron chi connectivity index (χ4n) is 1.01. The van der Waals surface area contributed by atoms with Crippen LogP contribution in [0.3, 0.4) is 0 Å². The normalized spacial score (nSPS) is 10.3. The topological polar surface area (TPSA) is 74.8 Å². The first-order chi connectivity index (χ1) is 7.15.